The molecule has 9 N–H and O–H groups in total. The van der Waals surface area contributed by atoms with Crippen LogP contribution >= 0.6 is 0 Å². The van der Waals surface area contributed by atoms with Crippen molar-refractivity contribution in [3.8, 4) is 0 Å². The number of rotatable bonds is 15. The number of nitrogen functional groups attached to an aromatic ring is 2. The van der Waals surface area contributed by atoms with Gasteiger partial charge in [-0.15, -0.1) is 0 Å². The van der Waals surface area contributed by atoms with Crippen molar-refractivity contribution in [2.75, 3.05) is 63.9 Å². The number of nitrogens with two attached hydrogens (primary N) is 3. The maximum atomic E-state index is 12.3. The number of aliphatic hydroxyl groups excluding tert-OH is 1. The van der Waals surface area contributed by atoms with Crippen LogP contribution in [-0.4, -0.2) is 109 Å². The van der Waals surface area contributed by atoms with E-state index in [1.165, 1.54) is 0 Å². The van der Waals surface area contributed by atoms with Gasteiger partial charge in [0.15, 0.2) is 23.8 Å². The number of aliphatic hydroxyl groups is 1. The number of carbonyl (C=O) groups is 1. The minimum absolute atomic E-state index is 0.0224. The Morgan fingerprint density at radius 2 is 1.98 bits per heavy atom. The van der Waals surface area contributed by atoms with E-state index in [0.717, 1.165) is 64.8 Å². The summed E-state index contributed by atoms with van der Waals surface area (Å²) in [5.41, 5.74) is 17.6. The highest BCUT2D eigenvalue weighted by molar-refractivity contribution is 6.06. The van der Waals surface area contributed by atoms with Gasteiger partial charge in [0, 0.05) is 26.2 Å². The first-order chi connectivity index (χ1) is 19.2. The van der Waals surface area contributed by atoms with Gasteiger partial charge in [0.1, 0.15) is 11.9 Å². The van der Waals surface area contributed by atoms with Gasteiger partial charge in [0.25, 0.3) is 5.91 Å². The number of anilines is 2. The van der Waals surface area contributed by atoms with Crippen molar-refractivity contribution >= 4 is 23.5 Å². The third-order valence-electron chi connectivity index (χ3n) is 7.07. The maximum absolute atomic E-state index is 12.3. The molecule has 2 aliphatic rings. The lowest BCUT2D eigenvalue weighted by molar-refractivity contribution is -0.0698. The number of likely N-dealkylation sites (tertiary alicyclic amines) is 1. The highest BCUT2D eigenvalue weighted by Gasteiger charge is 2.28. The lowest BCUT2D eigenvalue weighted by Gasteiger charge is -2.31. The molecule has 0 spiro atoms. The summed E-state index contributed by atoms with van der Waals surface area (Å²) in [4.78, 5) is 27.0. The minimum atomic E-state index is -0.564. The van der Waals surface area contributed by atoms with E-state index in [9.17, 15) is 9.90 Å². The molecule has 1 aromatic heterocycles. The monoisotopic (exact) mass is 565 g/mol. The van der Waals surface area contributed by atoms with E-state index in [-0.39, 0.29) is 35.7 Å². The van der Waals surface area contributed by atoms with Crippen LogP contribution in [0.25, 0.3) is 0 Å². The average molecular weight is 566 g/mol. The second-order valence-electron chi connectivity index (χ2n) is 10.3. The van der Waals surface area contributed by atoms with Crippen LogP contribution in [-0.2, 0) is 14.2 Å². The highest BCUT2D eigenvalue weighted by Crippen LogP contribution is 2.17. The Morgan fingerprint density at radius 1 is 1.20 bits per heavy atom. The number of hydrogen-bond donors (Lipinski definition) is 6. The topological polar surface area (TPSA) is 208 Å². The second kappa shape index (κ2) is 16.6. The first-order valence-corrected chi connectivity index (χ1v) is 14.2. The smallest absolute Gasteiger partial charge is 0.280 e. The number of guanidine groups is 1. The first-order valence-electron chi connectivity index (χ1n) is 14.2. The molecule has 0 aliphatic carbocycles. The number of ether oxygens (including phenoxy) is 3. The lowest BCUT2D eigenvalue weighted by atomic mass is 10.1. The van der Waals surface area contributed by atoms with Crippen molar-refractivity contribution < 1.29 is 24.1 Å². The van der Waals surface area contributed by atoms with Crippen LogP contribution in [0.3, 0.4) is 0 Å². The van der Waals surface area contributed by atoms with Crippen LogP contribution in [0.5, 0.6) is 0 Å². The number of nitrogens with one attached hydrogen (secondary N) is 2. The summed E-state index contributed by atoms with van der Waals surface area (Å²) in [6.45, 7) is 9.85. The summed E-state index contributed by atoms with van der Waals surface area (Å²) < 4.78 is 16.9. The first kappa shape index (κ1) is 31.9. The quantitative estimate of drug-likeness (QED) is 0.0924. The zero-order valence-corrected chi connectivity index (χ0v) is 23.8. The van der Waals surface area contributed by atoms with Crippen LogP contribution in [0.4, 0.5) is 11.6 Å². The number of piperidine rings is 1. The van der Waals surface area contributed by atoms with Crippen molar-refractivity contribution in [3.05, 3.63) is 11.4 Å². The molecule has 3 rings (SSSR count). The van der Waals surface area contributed by atoms with Crippen LogP contribution in [0.1, 0.15) is 61.6 Å². The Morgan fingerprint density at radius 3 is 2.70 bits per heavy atom. The number of hydrogen-bond acceptors (Lipinski definition) is 12. The van der Waals surface area contributed by atoms with Crippen molar-refractivity contribution in [2.24, 2.45) is 10.7 Å². The Bertz CT molecular complexity index is 959. The fraction of sp³-hybridized carbons (Fsp3) is 0.769. The normalized spacial score (nSPS) is 21.5. The van der Waals surface area contributed by atoms with Gasteiger partial charge in [-0.25, -0.2) is 9.97 Å². The minimum Gasteiger partial charge on any atom is -0.390 e. The molecule has 0 aromatic carbocycles. The van der Waals surface area contributed by atoms with Gasteiger partial charge >= 0.3 is 0 Å². The zero-order chi connectivity index (χ0) is 28.9. The number of carbonyl (C=O) groups excluding carboxylic acids is 1. The molecule has 14 heteroatoms. The van der Waals surface area contributed by atoms with Gasteiger partial charge in [0.05, 0.1) is 31.1 Å². The largest absolute Gasteiger partial charge is 0.390 e. The fourth-order valence-corrected chi connectivity index (χ4v) is 4.68. The van der Waals surface area contributed by atoms with Crippen molar-refractivity contribution in [1.29, 1.82) is 0 Å². The van der Waals surface area contributed by atoms with Gasteiger partial charge in [-0.2, -0.15) is 0 Å². The molecule has 0 bridgehead atoms. The van der Waals surface area contributed by atoms with E-state index in [2.05, 4.69) is 30.5 Å². The molecule has 2 aliphatic heterocycles. The fourth-order valence-electron chi connectivity index (χ4n) is 4.68. The number of aromatic nitrogens is 2. The SMILES string of the molecule is Cc1nc(C(=O)NC(N)=NCCCCN2CCC(OCCNCCCC(O)C3COC(C)O3)CC2)c(N)nc1N. The molecule has 14 nitrogen and oxygen atoms in total. The predicted molar refractivity (Wildman–Crippen MR) is 153 cm³/mol. The summed E-state index contributed by atoms with van der Waals surface area (Å²) >= 11 is 0. The third kappa shape index (κ3) is 10.7. The van der Waals surface area contributed by atoms with Crippen molar-refractivity contribution in [3.63, 3.8) is 0 Å². The van der Waals surface area contributed by atoms with Crippen LogP contribution in [0, 0.1) is 6.92 Å². The molecule has 2 fully saturated rings. The summed E-state index contributed by atoms with van der Waals surface area (Å²) in [5.74, 6) is -0.412. The molecule has 3 heterocycles. The lowest BCUT2D eigenvalue weighted by Crippen LogP contribution is -2.38. The molecule has 1 aromatic rings. The summed E-state index contributed by atoms with van der Waals surface area (Å²) in [7, 11) is 0. The maximum Gasteiger partial charge on any atom is 0.280 e. The summed E-state index contributed by atoms with van der Waals surface area (Å²) in [6.07, 6.45) is 4.88. The molecule has 3 unspecified atom stereocenters. The Balaban J connectivity index is 1.16. The van der Waals surface area contributed by atoms with E-state index < -0.39 is 12.0 Å². The van der Waals surface area contributed by atoms with Crippen LogP contribution in [0.2, 0.25) is 0 Å². The number of aryl methyl sites for hydroxylation is 1. The summed E-state index contributed by atoms with van der Waals surface area (Å²) in [6, 6.07) is 0. The molecule has 40 heavy (non-hydrogen) atoms. The number of aliphatic imine (C=N–C) groups is 1. The number of amides is 1. The van der Waals surface area contributed by atoms with Crippen LogP contribution < -0.4 is 27.8 Å². The van der Waals surface area contributed by atoms with Crippen molar-refractivity contribution in [1.82, 2.24) is 25.5 Å². The standard InChI is InChI=1S/C26H47N9O5/c1-17-23(27)33-24(28)22(32-17)25(37)34-26(29)31-10-3-4-12-35-13-7-19(8-14-35)38-15-11-30-9-5-6-20(36)21-16-39-18(2)40-21/h18-21,30,36H,3-16H2,1-2H3,(H4,27,28,33)(H3,29,31,34,37). The van der Waals surface area contributed by atoms with Gasteiger partial charge in [0.2, 0.25) is 0 Å². The average Bonchev–Trinajstić information content (AvgIpc) is 3.37. The Kier molecular flexibility index (Phi) is 13.2. The second-order valence-corrected chi connectivity index (χ2v) is 10.3. The third-order valence-corrected chi connectivity index (χ3v) is 7.07. The molecular weight excluding hydrogens is 518 g/mol. The molecule has 0 radical (unpaired) electrons. The number of nitrogens with zero attached hydrogens (tertiary/aromatic N) is 4. The summed E-state index contributed by atoms with van der Waals surface area (Å²) in [5, 5.41) is 16.0. The van der Waals surface area contributed by atoms with Gasteiger partial charge in [-0.3, -0.25) is 15.1 Å². The number of unbranched alkanes of at least 4 members (excludes halogenated alkanes) is 1. The molecule has 1 amide bonds. The molecular formula is C26H47N9O5. The van der Waals surface area contributed by atoms with E-state index in [1.807, 2.05) is 6.92 Å². The van der Waals surface area contributed by atoms with E-state index in [1.54, 1.807) is 6.92 Å². The zero-order valence-electron chi connectivity index (χ0n) is 23.8. The van der Waals surface area contributed by atoms with Gasteiger partial charge in [-0.05, 0) is 65.5 Å². The van der Waals surface area contributed by atoms with Crippen molar-refractivity contribution in [2.45, 2.75) is 77.0 Å². The van der Waals surface area contributed by atoms with Gasteiger partial charge < -0.3 is 46.7 Å². The highest BCUT2D eigenvalue weighted by atomic mass is 16.7. The van der Waals surface area contributed by atoms with E-state index in [0.29, 0.717) is 38.0 Å². The van der Waals surface area contributed by atoms with E-state index >= 15 is 0 Å². The van der Waals surface area contributed by atoms with E-state index in [4.69, 9.17) is 31.4 Å². The molecule has 3 atom stereocenters. The van der Waals surface area contributed by atoms with Gasteiger partial charge in [-0.1, -0.05) is 0 Å². The Labute approximate surface area is 236 Å². The Hall–Kier alpha value is -2.62. The molecule has 0 saturated carbocycles. The predicted octanol–water partition coefficient (Wildman–Crippen LogP) is -0.253. The van der Waals surface area contributed by atoms with Crippen LogP contribution in [0.15, 0.2) is 4.99 Å². The molecule has 2 saturated heterocycles. The molecule has 226 valence electrons.